The predicted molar refractivity (Wildman–Crippen MR) is 86.0 cm³/mol. The molecule has 1 fully saturated rings. The van der Waals surface area contributed by atoms with Crippen molar-refractivity contribution in [3.63, 3.8) is 0 Å². The molecular formula is C16H21N5O3. The number of carbonyl (C=O) groups is 1. The van der Waals surface area contributed by atoms with Gasteiger partial charge in [-0.2, -0.15) is 4.98 Å². The number of aryl methyl sites for hydroxylation is 1. The van der Waals surface area contributed by atoms with Crippen LogP contribution in [0.15, 0.2) is 18.5 Å². The van der Waals surface area contributed by atoms with E-state index in [0.29, 0.717) is 18.0 Å². The fourth-order valence-electron chi connectivity index (χ4n) is 3.05. The molecule has 0 aliphatic carbocycles. The van der Waals surface area contributed by atoms with Crippen LogP contribution in [-0.4, -0.2) is 51.3 Å². The van der Waals surface area contributed by atoms with Gasteiger partial charge < -0.3 is 18.9 Å². The molecule has 0 saturated carbocycles. The maximum atomic E-state index is 13.1. The number of piperidine rings is 1. The van der Waals surface area contributed by atoms with Gasteiger partial charge in [0.15, 0.2) is 5.82 Å². The largest absolute Gasteiger partial charge is 0.481 e. The van der Waals surface area contributed by atoms with Crippen molar-refractivity contribution in [1.29, 1.82) is 0 Å². The molecule has 1 saturated heterocycles. The summed E-state index contributed by atoms with van der Waals surface area (Å²) in [4.78, 5) is 19.1. The van der Waals surface area contributed by atoms with Crippen LogP contribution in [0.5, 0.6) is 11.8 Å². The molecule has 1 aliphatic heterocycles. The van der Waals surface area contributed by atoms with Crippen molar-refractivity contribution in [2.45, 2.75) is 25.3 Å². The van der Waals surface area contributed by atoms with Gasteiger partial charge in [-0.1, -0.05) is 0 Å². The number of likely N-dealkylation sites (tertiary alicyclic amines) is 1. The van der Waals surface area contributed by atoms with E-state index in [1.54, 1.807) is 18.5 Å². The molecule has 1 atom stereocenters. The molecule has 0 spiro atoms. The first-order valence-corrected chi connectivity index (χ1v) is 7.89. The van der Waals surface area contributed by atoms with E-state index < -0.39 is 0 Å². The molecule has 3 heterocycles. The normalized spacial score (nSPS) is 17.6. The summed E-state index contributed by atoms with van der Waals surface area (Å²) in [5.74, 6) is 1.35. The molecule has 3 rings (SSSR count). The Bertz CT molecular complexity index is 730. The first kappa shape index (κ1) is 16.2. The number of methoxy groups -OCH3 is 2. The Hall–Kier alpha value is -2.64. The summed E-state index contributed by atoms with van der Waals surface area (Å²) in [6, 6.07) is 3.26. The lowest BCUT2D eigenvalue weighted by atomic mass is 10.00. The smallest absolute Gasteiger partial charge is 0.259 e. The van der Waals surface area contributed by atoms with Crippen LogP contribution in [0, 0.1) is 0 Å². The van der Waals surface area contributed by atoms with E-state index in [4.69, 9.17) is 9.47 Å². The zero-order chi connectivity index (χ0) is 17.1. The van der Waals surface area contributed by atoms with Crippen molar-refractivity contribution >= 4 is 5.91 Å². The molecule has 1 amide bonds. The first-order chi connectivity index (χ1) is 11.7. The third-order valence-electron chi connectivity index (χ3n) is 4.28. The van der Waals surface area contributed by atoms with Gasteiger partial charge in [0.05, 0.1) is 20.3 Å². The van der Waals surface area contributed by atoms with Crippen LogP contribution < -0.4 is 9.47 Å². The maximum Gasteiger partial charge on any atom is 0.259 e. The molecule has 2 aromatic heterocycles. The number of hydrogen-bond acceptors (Lipinski definition) is 6. The summed E-state index contributed by atoms with van der Waals surface area (Å²) in [6.45, 7) is 0.672. The van der Waals surface area contributed by atoms with Crippen LogP contribution >= 0.6 is 0 Å². The van der Waals surface area contributed by atoms with Crippen LogP contribution in [0.1, 0.15) is 41.5 Å². The molecule has 128 valence electrons. The summed E-state index contributed by atoms with van der Waals surface area (Å²) < 4.78 is 12.2. The Morgan fingerprint density at radius 1 is 1.25 bits per heavy atom. The minimum atomic E-state index is -0.116. The van der Waals surface area contributed by atoms with Crippen LogP contribution in [-0.2, 0) is 7.05 Å². The highest BCUT2D eigenvalue weighted by Crippen LogP contribution is 2.32. The average Bonchev–Trinajstić information content (AvgIpc) is 3.06. The van der Waals surface area contributed by atoms with Crippen molar-refractivity contribution in [3.05, 3.63) is 29.8 Å². The molecule has 8 heteroatoms. The summed E-state index contributed by atoms with van der Waals surface area (Å²) in [7, 11) is 4.91. The summed E-state index contributed by atoms with van der Waals surface area (Å²) in [5, 5.41) is 8.13. The van der Waals surface area contributed by atoms with Crippen molar-refractivity contribution in [2.75, 3.05) is 20.8 Å². The van der Waals surface area contributed by atoms with Crippen molar-refractivity contribution in [1.82, 2.24) is 24.6 Å². The quantitative estimate of drug-likeness (QED) is 0.846. The fraction of sp³-hybridized carbons (Fsp3) is 0.500. The van der Waals surface area contributed by atoms with Crippen LogP contribution in [0.3, 0.4) is 0 Å². The van der Waals surface area contributed by atoms with Crippen LogP contribution in [0.2, 0.25) is 0 Å². The van der Waals surface area contributed by atoms with Crippen molar-refractivity contribution in [2.24, 2.45) is 7.05 Å². The number of amides is 1. The van der Waals surface area contributed by atoms with Crippen LogP contribution in [0.25, 0.3) is 0 Å². The molecule has 1 unspecified atom stereocenters. The zero-order valence-electron chi connectivity index (χ0n) is 14.1. The summed E-state index contributed by atoms with van der Waals surface area (Å²) in [5.41, 5.74) is 0.423. The molecular weight excluding hydrogens is 310 g/mol. The topological polar surface area (TPSA) is 82.4 Å². The molecule has 0 bridgehead atoms. The lowest BCUT2D eigenvalue weighted by Gasteiger charge is -2.35. The standard InChI is InChI=1S/C16H21N5O3/c1-20-10-17-19-14(20)12-6-4-5-9-21(12)16(22)11-7-8-13(23-2)18-15(11)24-3/h7-8,10,12H,4-6,9H2,1-3H3. The van der Waals surface area contributed by atoms with E-state index in [9.17, 15) is 4.79 Å². The number of rotatable bonds is 4. The van der Waals surface area contributed by atoms with Gasteiger partial charge in [-0.05, 0) is 25.3 Å². The predicted octanol–water partition coefficient (Wildman–Crippen LogP) is 1.59. The second kappa shape index (κ2) is 6.86. The van der Waals surface area contributed by atoms with Crippen LogP contribution in [0.4, 0.5) is 0 Å². The molecule has 0 radical (unpaired) electrons. The number of nitrogens with zero attached hydrogens (tertiary/aromatic N) is 5. The summed E-state index contributed by atoms with van der Waals surface area (Å²) >= 11 is 0. The zero-order valence-corrected chi connectivity index (χ0v) is 14.1. The van der Waals surface area contributed by atoms with Gasteiger partial charge in [-0.15, -0.1) is 10.2 Å². The van der Waals surface area contributed by atoms with Gasteiger partial charge in [-0.25, -0.2) is 0 Å². The highest BCUT2D eigenvalue weighted by atomic mass is 16.5. The van der Waals surface area contributed by atoms with Gasteiger partial charge in [0.1, 0.15) is 11.9 Å². The Kier molecular flexibility index (Phi) is 4.64. The average molecular weight is 331 g/mol. The fourth-order valence-corrected chi connectivity index (χ4v) is 3.05. The molecule has 1 aliphatic rings. The van der Waals surface area contributed by atoms with E-state index >= 15 is 0 Å². The Morgan fingerprint density at radius 2 is 2.08 bits per heavy atom. The highest BCUT2D eigenvalue weighted by Gasteiger charge is 2.33. The van der Waals surface area contributed by atoms with E-state index in [1.807, 2.05) is 16.5 Å². The molecule has 0 N–H and O–H groups in total. The van der Waals surface area contributed by atoms with Gasteiger partial charge in [-0.3, -0.25) is 4.79 Å². The Labute approximate surface area is 140 Å². The molecule has 8 nitrogen and oxygen atoms in total. The lowest BCUT2D eigenvalue weighted by Crippen LogP contribution is -2.39. The minimum absolute atomic E-state index is 0.0921. The minimum Gasteiger partial charge on any atom is -0.481 e. The molecule has 24 heavy (non-hydrogen) atoms. The van der Waals surface area contributed by atoms with Crippen molar-refractivity contribution in [3.8, 4) is 11.8 Å². The maximum absolute atomic E-state index is 13.1. The second-order valence-electron chi connectivity index (χ2n) is 5.72. The first-order valence-electron chi connectivity index (χ1n) is 7.89. The molecule has 0 aromatic carbocycles. The third kappa shape index (κ3) is 2.91. The lowest BCUT2D eigenvalue weighted by molar-refractivity contribution is 0.0591. The number of ether oxygens (including phenoxy) is 2. The third-order valence-corrected chi connectivity index (χ3v) is 4.28. The molecule has 2 aromatic rings. The number of hydrogen-bond donors (Lipinski definition) is 0. The number of carbonyl (C=O) groups excluding carboxylic acids is 1. The summed E-state index contributed by atoms with van der Waals surface area (Å²) in [6.07, 6.45) is 4.54. The SMILES string of the molecule is COc1ccc(C(=O)N2CCCCC2c2nncn2C)c(OC)n1. The second-order valence-corrected chi connectivity index (χ2v) is 5.72. The van der Waals surface area contributed by atoms with E-state index in [-0.39, 0.29) is 17.8 Å². The van der Waals surface area contributed by atoms with Gasteiger partial charge in [0, 0.05) is 19.7 Å². The van der Waals surface area contributed by atoms with Gasteiger partial charge in [0.25, 0.3) is 5.91 Å². The van der Waals surface area contributed by atoms with E-state index in [1.165, 1.54) is 14.2 Å². The monoisotopic (exact) mass is 331 g/mol. The van der Waals surface area contributed by atoms with Gasteiger partial charge >= 0.3 is 0 Å². The highest BCUT2D eigenvalue weighted by molar-refractivity contribution is 5.96. The Balaban J connectivity index is 1.94. The Morgan fingerprint density at radius 3 is 2.75 bits per heavy atom. The van der Waals surface area contributed by atoms with Crippen molar-refractivity contribution < 1.29 is 14.3 Å². The number of aromatic nitrogens is 4. The van der Waals surface area contributed by atoms with E-state index in [0.717, 1.165) is 25.1 Å². The van der Waals surface area contributed by atoms with Gasteiger partial charge in [0.2, 0.25) is 11.8 Å². The number of pyridine rings is 1. The van der Waals surface area contributed by atoms with E-state index in [2.05, 4.69) is 15.2 Å².